The second kappa shape index (κ2) is 7.99. The summed E-state index contributed by atoms with van der Waals surface area (Å²) in [7, 11) is 0. The third-order valence-corrected chi connectivity index (χ3v) is 5.06. The second-order valence-corrected chi connectivity index (χ2v) is 6.69. The van der Waals surface area contributed by atoms with Gasteiger partial charge in [0.15, 0.2) is 0 Å². The van der Waals surface area contributed by atoms with Gasteiger partial charge in [-0.05, 0) is 37.8 Å². The van der Waals surface area contributed by atoms with Crippen molar-refractivity contribution in [1.29, 1.82) is 0 Å². The summed E-state index contributed by atoms with van der Waals surface area (Å²) in [6.07, 6.45) is 2.32. The van der Waals surface area contributed by atoms with Crippen molar-refractivity contribution in [1.82, 2.24) is 15.3 Å². The second-order valence-electron chi connectivity index (χ2n) is 6.69. The zero-order chi connectivity index (χ0) is 17.8. The van der Waals surface area contributed by atoms with Crippen LogP contribution in [-0.2, 0) is 13.0 Å². The molecule has 1 heterocycles. The molecule has 2 aromatic rings. The molecule has 1 aromatic heterocycles. The first-order valence-electron chi connectivity index (χ1n) is 8.62. The smallest absolute Gasteiger partial charge is 0.127 e. The van der Waals surface area contributed by atoms with Crippen LogP contribution in [0.2, 0.25) is 0 Å². The molecule has 0 spiro atoms. The van der Waals surface area contributed by atoms with E-state index in [1.54, 1.807) is 24.4 Å². The minimum atomic E-state index is -0.573. The lowest BCUT2D eigenvalue weighted by atomic mass is 9.88. The van der Waals surface area contributed by atoms with E-state index in [-0.39, 0.29) is 30.3 Å². The van der Waals surface area contributed by atoms with E-state index in [0.717, 1.165) is 5.69 Å². The Balaban J connectivity index is 1.73. The minimum Gasteiger partial charge on any atom is -0.396 e. The summed E-state index contributed by atoms with van der Waals surface area (Å²) in [4.78, 5) is 8.54. The summed E-state index contributed by atoms with van der Waals surface area (Å²) >= 11 is 0. The lowest BCUT2D eigenvalue weighted by Crippen LogP contribution is -2.36. The number of aryl methyl sites for hydroxylation is 1. The van der Waals surface area contributed by atoms with E-state index in [4.69, 9.17) is 0 Å². The molecule has 0 saturated heterocycles. The van der Waals surface area contributed by atoms with E-state index >= 15 is 0 Å². The van der Waals surface area contributed by atoms with Crippen LogP contribution < -0.4 is 5.32 Å². The van der Waals surface area contributed by atoms with E-state index in [9.17, 15) is 14.6 Å². The Hall–Kier alpha value is -1.89. The molecule has 0 radical (unpaired) electrons. The van der Waals surface area contributed by atoms with Crippen molar-refractivity contribution in [3.8, 4) is 0 Å². The zero-order valence-electron chi connectivity index (χ0n) is 14.3. The first-order chi connectivity index (χ1) is 12.1. The summed E-state index contributed by atoms with van der Waals surface area (Å²) < 4.78 is 13.8. The molecule has 0 bridgehead atoms. The maximum absolute atomic E-state index is 13.8. The molecule has 5 nitrogen and oxygen atoms in total. The Morgan fingerprint density at radius 1 is 1.24 bits per heavy atom. The molecule has 6 heteroatoms. The van der Waals surface area contributed by atoms with Crippen LogP contribution in [0.25, 0.3) is 0 Å². The summed E-state index contributed by atoms with van der Waals surface area (Å²) in [5.41, 5.74) is 1.49. The predicted octanol–water partition coefficient (Wildman–Crippen LogP) is 1.61. The molecule has 0 aliphatic heterocycles. The van der Waals surface area contributed by atoms with Gasteiger partial charge in [0, 0.05) is 42.6 Å². The van der Waals surface area contributed by atoms with Crippen LogP contribution in [0.5, 0.6) is 0 Å². The molecule has 1 saturated carbocycles. The number of benzene rings is 1. The Morgan fingerprint density at radius 3 is 2.76 bits per heavy atom. The first kappa shape index (κ1) is 17.9. The van der Waals surface area contributed by atoms with Crippen molar-refractivity contribution >= 4 is 0 Å². The van der Waals surface area contributed by atoms with Crippen LogP contribution >= 0.6 is 0 Å². The van der Waals surface area contributed by atoms with Crippen molar-refractivity contribution < 1.29 is 14.6 Å². The summed E-state index contributed by atoms with van der Waals surface area (Å²) in [5.74, 6) is 0.275. The molecule has 1 aliphatic carbocycles. The number of nitrogens with zero attached hydrogens (tertiary/aromatic N) is 2. The average molecular weight is 345 g/mol. The Labute approximate surface area is 147 Å². The van der Waals surface area contributed by atoms with E-state index < -0.39 is 6.10 Å². The van der Waals surface area contributed by atoms with Crippen LogP contribution in [0, 0.1) is 24.6 Å². The summed E-state index contributed by atoms with van der Waals surface area (Å²) in [6.45, 7) is 2.15. The number of aromatic nitrogens is 2. The zero-order valence-corrected chi connectivity index (χ0v) is 14.3. The fraction of sp³-hybridized carbons (Fsp3) is 0.474. The quantitative estimate of drug-likeness (QED) is 0.741. The molecule has 3 N–H and O–H groups in total. The fourth-order valence-electron chi connectivity index (χ4n) is 3.72. The standard InChI is InChI=1S/C19H24FN3O2/c1-12-21-7-6-14(23-12)8-15-16(11-24)19(25)9-18(15)22-10-13-4-2-3-5-17(13)20/h2-7,15-16,18-19,22,24-25H,8-11H2,1H3. The SMILES string of the molecule is Cc1nccc(CC2C(NCc3ccccc3F)CC(O)C2CO)n1. The molecule has 4 unspecified atom stereocenters. The van der Waals surface area contributed by atoms with Gasteiger partial charge in [0.25, 0.3) is 0 Å². The number of aliphatic hydroxyl groups is 2. The van der Waals surface area contributed by atoms with Gasteiger partial charge in [-0.25, -0.2) is 14.4 Å². The molecule has 1 aromatic carbocycles. The highest BCUT2D eigenvalue weighted by Gasteiger charge is 2.42. The van der Waals surface area contributed by atoms with E-state index in [1.165, 1.54) is 6.07 Å². The molecule has 3 rings (SSSR count). The molecule has 0 amide bonds. The van der Waals surface area contributed by atoms with Crippen LogP contribution in [0.1, 0.15) is 23.5 Å². The first-order valence-corrected chi connectivity index (χ1v) is 8.62. The molecule has 134 valence electrons. The number of rotatable bonds is 6. The van der Waals surface area contributed by atoms with E-state index in [0.29, 0.717) is 30.8 Å². The van der Waals surface area contributed by atoms with Gasteiger partial charge in [-0.2, -0.15) is 0 Å². The monoisotopic (exact) mass is 345 g/mol. The molecule has 4 atom stereocenters. The highest BCUT2D eigenvalue weighted by atomic mass is 19.1. The Kier molecular flexibility index (Phi) is 5.73. The highest BCUT2D eigenvalue weighted by Crippen LogP contribution is 2.34. The topological polar surface area (TPSA) is 78.3 Å². The fourth-order valence-corrected chi connectivity index (χ4v) is 3.72. The van der Waals surface area contributed by atoms with Crippen LogP contribution in [-0.4, -0.2) is 38.9 Å². The number of hydrogen-bond donors (Lipinski definition) is 3. The molecule has 1 aliphatic rings. The van der Waals surface area contributed by atoms with E-state index in [2.05, 4.69) is 15.3 Å². The predicted molar refractivity (Wildman–Crippen MR) is 92.2 cm³/mol. The van der Waals surface area contributed by atoms with Gasteiger partial charge >= 0.3 is 0 Å². The van der Waals surface area contributed by atoms with Gasteiger partial charge in [-0.15, -0.1) is 0 Å². The Morgan fingerprint density at radius 2 is 2.04 bits per heavy atom. The van der Waals surface area contributed by atoms with E-state index in [1.807, 2.05) is 13.0 Å². The lowest BCUT2D eigenvalue weighted by molar-refractivity contribution is 0.0716. The summed E-state index contributed by atoms with van der Waals surface area (Å²) in [6, 6.07) is 8.52. The van der Waals surface area contributed by atoms with Gasteiger partial charge in [0.2, 0.25) is 0 Å². The lowest BCUT2D eigenvalue weighted by Gasteiger charge is -2.25. The van der Waals surface area contributed by atoms with Crippen LogP contribution in [0.15, 0.2) is 36.5 Å². The maximum atomic E-state index is 13.8. The molecule has 25 heavy (non-hydrogen) atoms. The van der Waals surface area contributed by atoms with Crippen molar-refractivity contribution in [2.45, 2.75) is 38.5 Å². The van der Waals surface area contributed by atoms with Gasteiger partial charge < -0.3 is 15.5 Å². The molecular weight excluding hydrogens is 321 g/mol. The van der Waals surface area contributed by atoms with Crippen molar-refractivity contribution in [2.24, 2.45) is 11.8 Å². The largest absolute Gasteiger partial charge is 0.396 e. The Bertz CT molecular complexity index is 713. The summed E-state index contributed by atoms with van der Waals surface area (Å²) in [5, 5.41) is 23.4. The van der Waals surface area contributed by atoms with Gasteiger partial charge in [0.1, 0.15) is 11.6 Å². The van der Waals surface area contributed by atoms with Crippen molar-refractivity contribution in [3.63, 3.8) is 0 Å². The van der Waals surface area contributed by atoms with Gasteiger partial charge in [0.05, 0.1) is 6.10 Å². The number of hydrogen-bond acceptors (Lipinski definition) is 5. The minimum absolute atomic E-state index is 0.0120. The third-order valence-electron chi connectivity index (χ3n) is 5.06. The highest BCUT2D eigenvalue weighted by molar-refractivity contribution is 5.17. The number of nitrogens with one attached hydrogen (secondary N) is 1. The third kappa shape index (κ3) is 4.21. The van der Waals surface area contributed by atoms with Gasteiger partial charge in [-0.3, -0.25) is 0 Å². The number of aliphatic hydroxyl groups excluding tert-OH is 2. The maximum Gasteiger partial charge on any atom is 0.127 e. The average Bonchev–Trinajstić information content (AvgIpc) is 2.89. The van der Waals surface area contributed by atoms with Crippen LogP contribution in [0.3, 0.4) is 0 Å². The molecule has 1 fully saturated rings. The number of halogens is 1. The van der Waals surface area contributed by atoms with Crippen molar-refractivity contribution in [3.05, 3.63) is 59.4 Å². The molecular formula is C19H24FN3O2. The normalized spacial score (nSPS) is 26.1. The van der Waals surface area contributed by atoms with Gasteiger partial charge in [-0.1, -0.05) is 18.2 Å². The van der Waals surface area contributed by atoms with Crippen molar-refractivity contribution in [2.75, 3.05) is 6.61 Å². The van der Waals surface area contributed by atoms with Crippen LogP contribution in [0.4, 0.5) is 4.39 Å².